The van der Waals surface area contributed by atoms with E-state index in [4.69, 9.17) is 17.3 Å². The van der Waals surface area contributed by atoms with Crippen molar-refractivity contribution in [3.63, 3.8) is 0 Å². The van der Waals surface area contributed by atoms with Crippen molar-refractivity contribution < 1.29 is 0 Å². The summed E-state index contributed by atoms with van der Waals surface area (Å²) in [5.74, 6) is 0.650. The van der Waals surface area contributed by atoms with Crippen LogP contribution in [-0.4, -0.2) is 0 Å². The topological polar surface area (TPSA) is 26.0 Å². The summed E-state index contributed by atoms with van der Waals surface area (Å²) in [6.07, 6.45) is 2.16. The van der Waals surface area contributed by atoms with Gasteiger partial charge in [-0.05, 0) is 30.4 Å². The van der Waals surface area contributed by atoms with Crippen molar-refractivity contribution in [2.75, 3.05) is 0 Å². The first-order valence-electron chi connectivity index (χ1n) is 5.56. The molecule has 0 fully saturated rings. The lowest BCUT2D eigenvalue weighted by Gasteiger charge is -2.18. The third-order valence-corrected chi connectivity index (χ3v) is 3.49. The second-order valence-corrected chi connectivity index (χ2v) is 4.71. The molecule has 0 aliphatic rings. The van der Waals surface area contributed by atoms with Crippen LogP contribution >= 0.6 is 11.6 Å². The van der Waals surface area contributed by atoms with E-state index >= 15 is 0 Å². The SMILES string of the molecule is CCC(C)CC(N)c1cccc(C)c1Cl. The Labute approximate surface area is 97.6 Å². The van der Waals surface area contributed by atoms with Gasteiger partial charge in [0, 0.05) is 11.1 Å². The third-order valence-electron chi connectivity index (χ3n) is 2.97. The van der Waals surface area contributed by atoms with Crippen LogP contribution in [0.15, 0.2) is 18.2 Å². The standard InChI is InChI=1S/C13H20ClN/c1-4-9(2)8-12(15)11-7-5-6-10(3)13(11)14/h5-7,9,12H,4,8,15H2,1-3H3. The fourth-order valence-electron chi connectivity index (χ4n) is 1.68. The fourth-order valence-corrected chi connectivity index (χ4v) is 1.95. The smallest absolute Gasteiger partial charge is 0.0482 e. The van der Waals surface area contributed by atoms with Crippen LogP contribution in [0.2, 0.25) is 5.02 Å². The first-order valence-corrected chi connectivity index (χ1v) is 5.94. The summed E-state index contributed by atoms with van der Waals surface area (Å²) >= 11 is 6.23. The molecule has 0 aliphatic heterocycles. The molecule has 1 nitrogen and oxygen atoms in total. The summed E-state index contributed by atoms with van der Waals surface area (Å²) in [5.41, 5.74) is 8.34. The molecule has 15 heavy (non-hydrogen) atoms. The Bertz CT molecular complexity index is 322. The van der Waals surface area contributed by atoms with Gasteiger partial charge < -0.3 is 5.73 Å². The molecule has 0 bridgehead atoms. The lowest BCUT2D eigenvalue weighted by molar-refractivity contribution is 0.461. The molecule has 0 aliphatic carbocycles. The summed E-state index contributed by atoms with van der Waals surface area (Å²) in [4.78, 5) is 0. The van der Waals surface area contributed by atoms with Crippen molar-refractivity contribution in [2.45, 2.75) is 39.7 Å². The number of aryl methyl sites for hydroxylation is 1. The Morgan fingerprint density at radius 2 is 2.07 bits per heavy atom. The van der Waals surface area contributed by atoms with Gasteiger partial charge in [-0.3, -0.25) is 0 Å². The largest absolute Gasteiger partial charge is 0.324 e. The van der Waals surface area contributed by atoms with Gasteiger partial charge >= 0.3 is 0 Å². The predicted octanol–water partition coefficient (Wildman–Crippen LogP) is 4.08. The molecule has 0 amide bonds. The summed E-state index contributed by atoms with van der Waals surface area (Å²) in [5, 5.41) is 0.827. The van der Waals surface area contributed by atoms with Gasteiger partial charge in [0.1, 0.15) is 0 Å². The summed E-state index contributed by atoms with van der Waals surface area (Å²) in [6.45, 7) is 6.43. The average molecular weight is 226 g/mol. The Morgan fingerprint density at radius 3 is 2.67 bits per heavy atom. The highest BCUT2D eigenvalue weighted by molar-refractivity contribution is 6.32. The number of benzene rings is 1. The van der Waals surface area contributed by atoms with Crippen LogP contribution in [0, 0.1) is 12.8 Å². The molecule has 0 spiro atoms. The summed E-state index contributed by atoms with van der Waals surface area (Å²) in [6, 6.07) is 6.13. The summed E-state index contributed by atoms with van der Waals surface area (Å²) < 4.78 is 0. The lowest BCUT2D eigenvalue weighted by atomic mass is 9.94. The molecule has 84 valence electrons. The van der Waals surface area contributed by atoms with Crippen LogP contribution in [0.3, 0.4) is 0 Å². The second kappa shape index (κ2) is 5.53. The first kappa shape index (κ1) is 12.5. The highest BCUT2D eigenvalue weighted by atomic mass is 35.5. The summed E-state index contributed by atoms with van der Waals surface area (Å²) in [7, 11) is 0. The van der Waals surface area contributed by atoms with Crippen LogP contribution in [0.25, 0.3) is 0 Å². The first-order chi connectivity index (χ1) is 7.06. The Morgan fingerprint density at radius 1 is 1.40 bits per heavy atom. The average Bonchev–Trinajstić information content (AvgIpc) is 2.21. The van der Waals surface area contributed by atoms with Crippen molar-refractivity contribution in [3.8, 4) is 0 Å². The van der Waals surface area contributed by atoms with Gasteiger partial charge in [-0.2, -0.15) is 0 Å². The zero-order valence-corrected chi connectivity index (χ0v) is 10.5. The van der Waals surface area contributed by atoms with Crippen molar-refractivity contribution >= 4 is 11.6 Å². The van der Waals surface area contributed by atoms with E-state index in [2.05, 4.69) is 13.8 Å². The molecule has 2 atom stereocenters. The number of halogens is 1. The number of rotatable bonds is 4. The van der Waals surface area contributed by atoms with E-state index < -0.39 is 0 Å². The zero-order valence-electron chi connectivity index (χ0n) is 9.76. The highest BCUT2D eigenvalue weighted by Gasteiger charge is 2.13. The van der Waals surface area contributed by atoms with Gasteiger partial charge in [-0.1, -0.05) is 50.1 Å². The minimum Gasteiger partial charge on any atom is -0.324 e. The normalized spacial score (nSPS) is 15.0. The molecule has 0 radical (unpaired) electrons. The van der Waals surface area contributed by atoms with E-state index in [1.54, 1.807) is 0 Å². The minimum absolute atomic E-state index is 0.0624. The lowest BCUT2D eigenvalue weighted by Crippen LogP contribution is -2.14. The van der Waals surface area contributed by atoms with Gasteiger partial charge in [-0.25, -0.2) is 0 Å². The molecule has 1 aromatic rings. The Hall–Kier alpha value is -0.530. The quantitative estimate of drug-likeness (QED) is 0.821. The molecule has 2 unspecified atom stereocenters. The van der Waals surface area contributed by atoms with Crippen LogP contribution in [0.5, 0.6) is 0 Å². The van der Waals surface area contributed by atoms with Gasteiger partial charge in [0.2, 0.25) is 0 Å². The number of hydrogen-bond acceptors (Lipinski definition) is 1. The van der Waals surface area contributed by atoms with Gasteiger partial charge in [-0.15, -0.1) is 0 Å². The zero-order chi connectivity index (χ0) is 11.4. The van der Waals surface area contributed by atoms with Crippen LogP contribution in [0.1, 0.15) is 43.9 Å². The molecule has 0 aromatic heterocycles. The van der Waals surface area contributed by atoms with E-state index in [1.165, 1.54) is 0 Å². The predicted molar refractivity (Wildman–Crippen MR) is 67.2 cm³/mol. The van der Waals surface area contributed by atoms with Gasteiger partial charge in [0.25, 0.3) is 0 Å². The maximum absolute atomic E-state index is 6.23. The Balaban J connectivity index is 2.82. The minimum atomic E-state index is 0.0624. The number of nitrogens with two attached hydrogens (primary N) is 1. The molecular formula is C13H20ClN. The highest BCUT2D eigenvalue weighted by Crippen LogP contribution is 2.28. The van der Waals surface area contributed by atoms with Crippen molar-refractivity contribution in [2.24, 2.45) is 11.7 Å². The monoisotopic (exact) mass is 225 g/mol. The number of hydrogen-bond donors (Lipinski definition) is 1. The molecule has 2 heteroatoms. The molecule has 2 N–H and O–H groups in total. The van der Waals surface area contributed by atoms with E-state index in [0.29, 0.717) is 5.92 Å². The van der Waals surface area contributed by atoms with E-state index in [9.17, 15) is 0 Å². The second-order valence-electron chi connectivity index (χ2n) is 4.33. The maximum atomic E-state index is 6.23. The van der Waals surface area contributed by atoms with Crippen LogP contribution < -0.4 is 5.73 Å². The fraction of sp³-hybridized carbons (Fsp3) is 0.538. The van der Waals surface area contributed by atoms with E-state index in [0.717, 1.165) is 29.0 Å². The molecule has 0 saturated carbocycles. The third kappa shape index (κ3) is 3.22. The molecule has 1 aromatic carbocycles. The van der Waals surface area contributed by atoms with Crippen molar-refractivity contribution in [3.05, 3.63) is 34.3 Å². The van der Waals surface area contributed by atoms with Crippen LogP contribution in [-0.2, 0) is 0 Å². The molecule has 1 rings (SSSR count). The Kier molecular flexibility index (Phi) is 4.62. The molecule has 0 heterocycles. The van der Waals surface area contributed by atoms with Gasteiger partial charge in [0.05, 0.1) is 0 Å². The van der Waals surface area contributed by atoms with Crippen molar-refractivity contribution in [1.29, 1.82) is 0 Å². The van der Waals surface area contributed by atoms with Gasteiger partial charge in [0.15, 0.2) is 0 Å². The van der Waals surface area contributed by atoms with E-state index in [1.807, 2.05) is 25.1 Å². The van der Waals surface area contributed by atoms with Crippen LogP contribution in [0.4, 0.5) is 0 Å². The molecule has 0 saturated heterocycles. The molecular weight excluding hydrogens is 206 g/mol. The van der Waals surface area contributed by atoms with E-state index in [-0.39, 0.29) is 6.04 Å². The van der Waals surface area contributed by atoms with Crippen molar-refractivity contribution in [1.82, 2.24) is 0 Å². The maximum Gasteiger partial charge on any atom is 0.0482 e.